The zero-order valence-corrected chi connectivity index (χ0v) is 12.6. The van der Waals surface area contributed by atoms with Crippen LogP contribution in [0.5, 0.6) is 0 Å². The molecule has 0 bridgehead atoms. The van der Waals surface area contributed by atoms with Gasteiger partial charge in [0.25, 0.3) is 0 Å². The van der Waals surface area contributed by atoms with Crippen molar-refractivity contribution in [3.8, 4) is 0 Å². The lowest BCUT2D eigenvalue weighted by molar-refractivity contribution is 0.0697. The summed E-state index contributed by atoms with van der Waals surface area (Å²) in [5.74, 6) is 0.127. The first-order valence-electron chi connectivity index (χ1n) is 6.73. The Balaban J connectivity index is 2.11. The lowest BCUT2D eigenvalue weighted by Gasteiger charge is -2.29. The number of nitrogens with zero attached hydrogens (tertiary/aromatic N) is 1. The molecule has 1 aromatic rings. The van der Waals surface area contributed by atoms with Crippen molar-refractivity contribution >= 4 is 27.7 Å². The van der Waals surface area contributed by atoms with Gasteiger partial charge in [-0.2, -0.15) is 0 Å². The number of rotatable bonds is 4. The highest BCUT2D eigenvalue weighted by molar-refractivity contribution is 9.10. The number of pyridine rings is 1. The van der Waals surface area contributed by atoms with Gasteiger partial charge >= 0.3 is 5.97 Å². The summed E-state index contributed by atoms with van der Waals surface area (Å²) in [6.07, 6.45) is 7.93. The van der Waals surface area contributed by atoms with Crippen LogP contribution in [0, 0.1) is 5.92 Å². The fourth-order valence-electron chi connectivity index (χ4n) is 2.68. The maximum atomic E-state index is 11.2. The summed E-state index contributed by atoms with van der Waals surface area (Å²) in [5, 5.41) is 12.5. The second kappa shape index (κ2) is 6.37. The molecule has 1 aliphatic rings. The third-order valence-electron chi connectivity index (χ3n) is 3.81. The average molecular weight is 327 g/mol. The minimum absolute atomic E-state index is 0.219. The van der Waals surface area contributed by atoms with Gasteiger partial charge in [0.15, 0.2) is 0 Å². The van der Waals surface area contributed by atoms with Crippen LogP contribution in [0.25, 0.3) is 0 Å². The number of aromatic carboxylic acids is 1. The smallest absolute Gasteiger partial charge is 0.339 e. The van der Waals surface area contributed by atoms with Crippen molar-refractivity contribution in [1.29, 1.82) is 0 Å². The van der Waals surface area contributed by atoms with Crippen molar-refractivity contribution in [2.24, 2.45) is 5.92 Å². The summed E-state index contributed by atoms with van der Waals surface area (Å²) >= 11 is 3.25. The van der Waals surface area contributed by atoms with Gasteiger partial charge in [-0.05, 0) is 47.7 Å². The van der Waals surface area contributed by atoms with Crippen molar-refractivity contribution in [2.75, 3.05) is 5.32 Å². The molecule has 2 N–H and O–H groups in total. The predicted octanol–water partition coefficient (Wildman–Crippen LogP) is 3.92. The first-order chi connectivity index (χ1) is 9.08. The number of halogens is 1. The lowest BCUT2D eigenvalue weighted by atomic mass is 9.84. The van der Waals surface area contributed by atoms with E-state index in [1.165, 1.54) is 32.1 Å². The molecule has 0 aliphatic heterocycles. The fourth-order valence-corrected chi connectivity index (χ4v) is 3.02. The van der Waals surface area contributed by atoms with Crippen LogP contribution in [0.15, 0.2) is 16.7 Å². The Bertz CT molecular complexity index is 459. The second-order valence-electron chi connectivity index (χ2n) is 5.19. The lowest BCUT2D eigenvalue weighted by Crippen LogP contribution is -2.28. The van der Waals surface area contributed by atoms with E-state index < -0.39 is 5.97 Å². The summed E-state index contributed by atoms with van der Waals surface area (Å²) in [7, 11) is 0. The maximum absolute atomic E-state index is 11.2. The van der Waals surface area contributed by atoms with Crippen LogP contribution in [-0.2, 0) is 0 Å². The van der Waals surface area contributed by atoms with Gasteiger partial charge in [0.2, 0.25) is 0 Å². The number of nitrogens with one attached hydrogen (secondary N) is 1. The molecule has 4 nitrogen and oxygen atoms in total. The van der Waals surface area contributed by atoms with E-state index in [9.17, 15) is 9.90 Å². The largest absolute Gasteiger partial charge is 0.478 e. The quantitative estimate of drug-likeness (QED) is 0.880. The summed E-state index contributed by atoms with van der Waals surface area (Å²) in [6, 6.07) is 1.85. The van der Waals surface area contributed by atoms with E-state index in [0.717, 1.165) is 0 Å². The number of anilines is 1. The van der Waals surface area contributed by atoms with Crippen molar-refractivity contribution in [3.63, 3.8) is 0 Å². The van der Waals surface area contributed by atoms with Gasteiger partial charge in [-0.1, -0.05) is 19.3 Å². The molecule has 1 aromatic heterocycles. The molecule has 0 aromatic carbocycles. The van der Waals surface area contributed by atoms with Crippen LogP contribution in [-0.4, -0.2) is 22.1 Å². The highest BCUT2D eigenvalue weighted by Crippen LogP contribution is 2.28. The molecule has 0 saturated heterocycles. The fraction of sp³-hybridized carbons (Fsp3) is 0.571. The molecule has 104 valence electrons. The molecule has 5 heteroatoms. The van der Waals surface area contributed by atoms with E-state index in [1.807, 2.05) is 0 Å². The number of carboxylic acids is 1. The molecule has 1 saturated carbocycles. The maximum Gasteiger partial charge on any atom is 0.339 e. The van der Waals surface area contributed by atoms with Gasteiger partial charge in [-0.3, -0.25) is 0 Å². The summed E-state index contributed by atoms with van der Waals surface area (Å²) in [5.41, 5.74) is 0.219. The molecule has 1 fully saturated rings. The van der Waals surface area contributed by atoms with Crippen LogP contribution in [0.2, 0.25) is 0 Å². The number of carbonyl (C=O) groups is 1. The van der Waals surface area contributed by atoms with Crippen LogP contribution >= 0.6 is 15.9 Å². The number of hydrogen-bond acceptors (Lipinski definition) is 3. The van der Waals surface area contributed by atoms with E-state index in [4.69, 9.17) is 0 Å². The highest BCUT2D eigenvalue weighted by Gasteiger charge is 2.22. The van der Waals surface area contributed by atoms with Crippen molar-refractivity contribution in [3.05, 3.63) is 22.3 Å². The highest BCUT2D eigenvalue weighted by atomic mass is 79.9. The molecule has 2 rings (SSSR count). The Labute approximate surface area is 121 Å². The standard InChI is InChI=1S/C14H19BrN2O2/c1-9(10-5-3-2-4-6-10)17-13-12(14(18)19)7-11(15)8-16-13/h7-10H,2-6H2,1H3,(H,16,17)(H,18,19). The van der Waals surface area contributed by atoms with E-state index in [0.29, 0.717) is 16.2 Å². The van der Waals surface area contributed by atoms with E-state index in [2.05, 4.69) is 33.2 Å². The van der Waals surface area contributed by atoms with Gasteiger partial charge in [0.05, 0.1) is 0 Å². The summed E-state index contributed by atoms with van der Waals surface area (Å²) in [4.78, 5) is 15.4. The number of aromatic nitrogens is 1. The normalized spacial score (nSPS) is 18.0. The zero-order valence-electron chi connectivity index (χ0n) is 11.0. The van der Waals surface area contributed by atoms with Crippen molar-refractivity contribution in [2.45, 2.75) is 45.1 Å². The minimum atomic E-state index is -0.952. The van der Waals surface area contributed by atoms with Gasteiger partial charge in [0, 0.05) is 16.7 Å². The molecule has 1 heterocycles. The molecular weight excluding hydrogens is 308 g/mol. The van der Waals surface area contributed by atoms with E-state index >= 15 is 0 Å². The van der Waals surface area contributed by atoms with Crippen molar-refractivity contribution in [1.82, 2.24) is 4.98 Å². The topological polar surface area (TPSA) is 62.2 Å². The average Bonchev–Trinajstić information content (AvgIpc) is 2.41. The Morgan fingerprint density at radius 1 is 1.47 bits per heavy atom. The number of carboxylic acid groups (broad SMARTS) is 1. The summed E-state index contributed by atoms with van der Waals surface area (Å²) < 4.78 is 0.681. The second-order valence-corrected chi connectivity index (χ2v) is 6.10. The predicted molar refractivity (Wildman–Crippen MR) is 78.6 cm³/mol. The van der Waals surface area contributed by atoms with Crippen LogP contribution in [0.4, 0.5) is 5.82 Å². The molecule has 0 radical (unpaired) electrons. The molecule has 0 amide bonds. The Morgan fingerprint density at radius 3 is 2.79 bits per heavy atom. The van der Waals surface area contributed by atoms with E-state index in [-0.39, 0.29) is 11.6 Å². The Hall–Kier alpha value is -1.10. The monoisotopic (exact) mass is 326 g/mol. The van der Waals surface area contributed by atoms with Crippen molar-refractivity contribution < 1.29 is 9.90 Å². The molecule has 0 spiro atoms. The first kappa shape index (κ1) is 14.3. The molecule has 1 unspecified atom stereocenters. The minimum Gasteiger partial charge on any atom is -0.478 e. The first-order valence-corrected chi connectivity index (χ1v) is 7.52. The molecule has 1 aliphatic carbocycles. The van der Waals surface area contributed by atoms with Gasteiger partial charge in [0.1, 0.15) is 11.4 Å². The summed E-state index contributed by atoms with van der Waals surface area (Å²) in [6.45, 7) is 2.12. The third-order valence-corrected chi connectivity index (χ3v) is 4.24. The Morgan fingerprint density at radius 2 is 2.16 bits per heavy atom. The third kappa shape index (κ3) is 3.69. The van der Waals surface area contributed by atoms with Crippen LogP contribution < -0.4 is 5.32 Å². The zero-order chi connectivity index (χ0) is 13.8. The molecule has 1 atom stereocenters. The van der Waals surface area contributed by atoms with E-state index in [1.54, 1.807) is 12.3 Å². The molecular formula is C14H19BrN2O2. The van der Waals surface area contributed by atoms with Crippen LogP contribution in [0.1, 0.15) is 49.4 Å². The van der Waals surface area contributed by atoms with Gasteiger partial charge < -0.3 is 10.4 Å². The van der Waals surface area contributed by atoms with Gasteiger partial charge in [-0.25, -0.2) is 9.78 Å². The van der Waals surface area contributed by atoms with Crippen LogP contribution in [0.3, 0.4) is 0 Å². The Kier molecular flexibility index (Phi) is 4.80. The SMILES string of the molecule is CC(Nc1ncc(Br)cc1C(=O)O)C1CCCCC1. The molecule has 19 heavy (non-hydrogen) atoms. The van der Waals surface area contributed by atoms with Gasteiger partial charge in [-0.15, -0.1) is 0 Å². The number of hydrogen-bond donors (Lipinski definition) is 2.